The molecule has 0 bridgehead atoms. The summed E-state index contributed by atoms with van der Waals surface area (Å²) in [5, 5.41) is 38.4. The minimum atomic E-state index is -5.08. The van der Waals surface area contributed by atoms with Crippen LogP contribution in [0.15, 0.2) is 71.2 Å². The first kappa shape index (κ1) is 45.8. The van der Waals surface area contributed by atoms with Crippen LogP contribution in [0.25, 0.3) is 11.2 Å². The average Bonchev–Trinajstić information content (AvgIpc) is 4.02. The number of aliphatic hydroxyl groups is 2. The Labute approximate surface area is 357 Å². The lowest BCUT2D eigenvalue weighted by Gasteiger charge is -2.22. The van der Waals surface area contributed by atoms with E-state index in [0.717, 1.165) is 22.5 Å². The second-order valence-corrected chi connectivity index (χ2v) is 17.6. The molecule has 2 fully saturated rings. The van der Waals surface area contributed by atoms with Gasteiger partial charge in [0.2, 0.25) is 17.8 Å². The van der Waals surface area contributed by atoms with Crippen molar-refractivity contribution in [1.82, 2.24) is 34.5 Å². The van der Waals surface area contributed by atoms with Crippen molar-refractivity contribution in [1.29, 1.82) is 0 Å². The number of amides is 2. The number of sulfonamides is 1. The monoisotopic (exact) mass is 902 g/mol. The number of nitrogens with zero attached hydrogens (tertiary/aromatic N) is 6. The number of nitrogens with one attached hydrogen (secondary N) is 4. The number of hydrogen-bond acceptors (Lipinski definition) is 14. The van der Waals surface area contributed by atoms with Crippen LogP contribution in [0.2, 0.25) is 0 Å². The molecule has 1 saturated carbocycles. The molecule has 332 valence electrons. The highest BCUT2D eigenvalue weighted by molar-refractivity contribution is 7.91. The third-order valence-electron chi connectivity index (χ3n) is 10.3. The predicted octanol–water partition coefficient (Wildman–Crippen LogP) is 3.55. The largest absolute Gasteiger partial charge is 0.490 e. The fourth-order valence-corrected chi connectivity index (χ4v) is 10.0. The Bertz CT molecular complexity index is 2450. The number of aliphatic carboxylic acids is 1. The molecule has 2 amide bonds. The molecule has 3 aromatic heterocycles. The molecule has 62 heavy (non-hydrogen) atoms. The molecule has 5 atom stereocenters. The Morgan fingerprint density at radius 3 is 2.19 bits per heavy atom. The number of thiazole rings is 1. The van der Waals surface area contributed by atoms with Gasteiger partial charge in [-0.15, -0.1) is 0 Å². The molecule has 1 saturated heterocycles. The van der Waals surface area contributed by atoms with E-state index < -0.39 is 52.5 Å². The fourth-order valence-electron chi connectivity index (χ4n) is 7.29. The molecule has 2 aromatic carbocycles. The number of hydrogen-bond donors (Lipinski definition) is 7. The number of halogens is 3. The zero-order valence-corrected chi connectivity index (χ0v) is 35.2. The predicted molar refractivity (Wildman–Crippen MR) is 222 cm³/mol. The summed E-state index contributed by atoms with van der Waals surface area (Å²) < 4.78 is 63.3. The number of carbonyl (C=O) groups excluding carboxylic acids is 2. The lowest BCUT2D eigenvalue weighted by Crippen LogP contribution is -2.42. The Morgan fingerprint density at radius 2 is 1.61 bits per heavy atom. The van der Waals surface area contributed by atoms with Gasteiger partial charge >= 0.3 is 12.1 Å². The molecule has 1 aliphatic carbocycles. The highest BCUT2D eigenvalue weighted by Crippen LogP contribution is 2.36. The van der Waals surface area contributed by atoms with Gasteiger partial charge in [-0.05, 0) is 30.9 Å². The van der Waals surface area contributed by atoms with Crippen LogP contribution in [-0.2, 0) is 24.4 Å². The number of benzene rings is 2. The molecule has 0 radical (unpaired) electrons. The van der Waals surface area contributed by atoms with Crippen molar-refractivity contribution in [2.75, 3.05) is 35.2 Å². The molecule has 0 unspecified atom stereocenters. The van der Waals surface area contributed by atoms with E-state index in [0.29, 0.717) is 42.4 Å². The normalized spacial score (nSPS) is 20.2. The van der Waals surface area contributed by atoms with Gasteiger partial charge in [0.1, 0.15) is 12.2 Å². The highest BCUT2D eigenvalue weighted by atomic mass is 32.2. The van der Waals surface area contributed by atoms with Crippen LogP contribution >= 0.6 is 11.3 Å². The van der Waals surface area contributed by atoms with Crippen molar-refractivity contribution >= 4 is 67.2 Å². The van der Waals surface area contributed by atoms with Gasteiger partial charge in [0.15, 0.2) is 26.3 Å². The number of aliphatic hydroxyl groups excluding tert-OH is 2. The van der Waals surface area contributed by atoms with Crippen molar-refractivity contribution in [2.24, 2.45) is 0 Å². The number of anilines is 3. The van der Waals surface area contributed by atoms with Gasteiger partial charge in [0.05, 0.1) is 24.1 Å². The van der Waals surface area contributed by atoms with E-state index in [1.807, 2.05) is 41.3 Å². The third kappa shape index (κ3) is 10.6. The summed E-state index contributed by atoms with van der Waals surface area (Å²) >= 11 is 0.891. The van der Waals surface area contributed by atoms with Crippen molar-refractivity contribution in [3.05, 3.63) is 83.8 Å². The molecule has 23 heteroatoms. The average molecular weight is 903 g/mol. The van der Waals surface area contributed by atoms with Gasteiger partial charge in [0.25, 0.3) is 10.0 Å². The van der Waals surface area contributed by atoms with Gasteiger partial charge in [-0.2, -0.15) is 23.1 Å². The van der Waals surface area contributed by atoms with E-state index in [2.05, 4.69) is 49.9 Å². The quantitative estimate of drug-likeness (QED) is 0.0893. The second-order valence-electron chi connectivity index (χ2n) is 14.7. The number of aryl methyl sites for hydroxylation is 1. The number of fused-ring (bicyclic) bond motifs is 1. The van der Waals surface area contributed by atoms with Gasteiger partial charge in [-0.25, -0.2) is 27.9 Å². The number of carbonyl (C=O) groups is 3. The topological polar surface area (TPSA) is 254 Å². The van der Waals surface area contributed by atoms with Crippen molar-refractivity contribution in [3.8, 4) is 0 Å². The van der Waals surface area contributed by atoms with E-state index in [-0.39, 0.29) is 52.2 Å². The summed E-state index contributed by atoms with van der Waals surface area (Å²) in [6, 6.07) is 18.5. The Kier molecular flexibility index (Phi) is 14.1. The lowest BCUT2D eigenvalue weighted by molar-refractivity contribution is -0.192. The first-order chi connectivity index (χ1) is 29.4. The Hall–Kier alpha value is -5.75. The van der Waals surface area contributed by atoms with E-state index in [9.17, 15) is 41.4 Å². The molecular formula is C39H45F3N10O8S2. The maximum Gasteiger partial charge on any atom is 0.490 e. The zero-order chi connectivity index (χ0) is 44.9. The minimum Gasteiger partial charge on any atom is -0.475 e. The lowest BCUT2D eigenvalue weighted by atomic mass is 9.91. The Balaban J connectivity index is 0.000000845. The number of imidazole rings is 1. The van der Waals surface area contributed by atoms with Crippen LogP contribution in [0.4, 0.5) is 30.1 Å². The number of aromatic nitrogens is 5. The first-order valence-electron chi connectivity index (χ1n) is 19.4. The highest BCUT2D eigenvalue weighted by Gasteiger charge is 2.44. The Morgan fingerprint density at radius 1 is 0.984 bits per heavy atom. The molecule has 5 aromatic rings. The van der Waals surface area contributed by atoms with Gasteiger partial charge in [-0.3, -0.25) is 9.59 Å². The van der Waals surface area contributed by atoms with Crippen LogP contribution in [0.5, 0.6) is 0 Å². The number of carboxylic acids is 1. The molecule has 1 aliphatic heterocycles. The molecule has 7 N–H and O–H groups in total. The molecular weight excluding hydrogens is 858 g/mol. The molecule has 0 spiro atoms. The summed E-state index contributed by atoms with van der Waals surface area (Å²) in [7, 11) is -3.97. The van der Waals surface area contributed by atoms with Crippen molar-refractivity contribution < 1.29 is 51.3 Å². The van der Waals surface area contributed by atoms with Crippen molar-refractivity contribution in [2.45, 2.75) is 86.7 Å². The summed E-state index contributed by atoms with van der Waals surface area (Å²) in [5.41, 5.74) is 3.37. The maximum absolute atomic E-state index is 13.5. The SMILES string of the molecule is CCC(=O)N[C@H]1C[C@@H](n2cnc3c(NCC(c4ccccc4)c4ccccc4)nc(N4CC[C@@H](NS(=O)(=O)c5sc(NC(C)=O)nc5C)C4)nc32)[C@H](O)[C@@H]1O.O=C(O)C(F)(F)F. The van der Waals surface area contributed by atoms with E-state index >= 15 is 0 Å². The summed E-state index contributed by atoms with van der Waals surface area (Å²) in [4.78, 5) is 53.3. The third-order valence-corrected chi connectivity index (χ3v) is 13.5. The molecule has 2 aliphatic rings. The first-order valence-corrected chi connectivity index (χ1v) is 21.7. The van der Waals surface area contributed by atoms with Crippen LogP contribution in [0.1, 0.15) is 61.9 Å². The molecule has 4 heterocycles. The minimum absolute atomic E-state index is 0.0277. The van der Waals surface area contributed by atoms with Gasteiger partial charge in [-0.1, -0.05) is 78.9 Å². The number of rotatable bonds is 13. The van der Waals surface area contributed by atoms with Crippen molar-refractivity contribution in [3.63, 3.8) is 0 Å². The standard InChI is InChI=1S/C37H44N10O6S2.C2HF3O2/c1-4-29(49)42-27-17-28(32(51)31(27)50)47-20-39-30-33(38-18-26(23-11-7-5-8-12-23)24-13-9-6-10-14-24)43-36(44-34(30)47)46-16-15-25(19-46)45-55(52,53)35-21(2)40-37(54-35)41-22(3)48;3-2(4,5)1(6)7/h5-14,20,25-28,31-32,45,50-51H,4,15-19H2,1-3H3,(H,42,49)(H,38,43,44)(H,40,41,48);(H,6,7)/t25-,27+,28-,31-,32+;/m1./s1. The smallest absolute Gasteiger partial charge is 0.475 e. The number of carboxylic acid groups (broad SMARTS) is 1. The number of alkyl halides is 3. The van der Waals surface area contributed by atoms with Crippen LogP contribution in [0.3, 0.4) is 0 Å². The van der Waals surface area contributed by atoms with Crippen LogP contribution < -0.4 is 25.6 Å². The molecule has 7 rings (SSSR count). The second kappa shape index (κ2) is 19.1. The van der Waals surface area contributed by atoms with Gasteiger partial charge in [0, 0.05) is 44.9 Å². The summed E-state index contributed by atoms with van der Waals surface area (Å²) in [6.45, 7) is 5.80. The van der Waals surface area contributed by atoms with E-state index in [4.69, 9.17) is 24.9 Å². The fraction of sp³-hybridized carbons (Fsp3) is 0.410. The summed E-state index contributed by atoms with van der Waals surface area (Å²) in [5.74, 6) is -2.59. The maximum atomic E-state index is 13.5. The van der Waals surface area contributed by atoms with Crippen LogP contribution in [0, 0.1) is 6.92 Å². The zero-order valence-electron chi connectivity index (χ0n) is 33.6. The van der Waals surface area contributed by atoms with E-state index in [1.54, 1.807) is 24.7 Å². The molecule has 18 nitrogen and oxygen atoms in total. The van der Waals surface area contributed by atoms with Gasteiger partial charge < -0.3 is 40.7 Å². The van der Waals surface area contributed by atoms with Crippen LogP contribution in [-0.4, -0.2) is 116 Å². The summed E-state index contributed by atoms with van der Waals surface area (Å²) in [6.07, 6.45) is -4.96. The van der Waals surface area contributed by atoms with E-state index in [1.165, 1.54) is 6.92 Å².